The Morgan fingerprint density at radius 2 is 2.44 bits per heavy atom. The number of thioether (sulfide) groups is 1. The molecular formula is C10H18N4OS. The minimum absolute atomic E-state index is 0.148. The van der Waals surface area contributed by atoms with Crippen molar-refractivity contribution in [3.8, 4) is 0 Å². The van der Waals surface area contributed by atoms with E-state index in [0.717, 1.165) is 17.1 Å². The van der Waals surface area contributed by atoms with Crippen LogP contribution < -0.4 is 11.1 Å². The quantitative estimate of drug-likeness (QED) is 0.799. The van der Waals surface area contributed by atoms with Crippen molar-refractivity contribution >= 4 is 23.4 Å². The smallest absolute Gasteiger partial charge is 0.241 e. The highest BCUT2D eigenvalue weighted by atomic mass is 32.2. The van der Waals surface area contributed by atoms with Gasteiger partial charge >= 0.3 is 0 Å². The van der Waals surface area contributed by atoms with Gasteiger partial charge in [0.15, 0.2) is 0 Å². The molecule has 0 fully saturated rings. The molecule has 0 saturated carbocycles. The second-order valence-corrected chi connectivity index (χ2v) is 4.66. The Labute approximate surface area is 99.8 Å². The summed E-state index contributed by atoms with van der Waals surface area (Å²) >= 11 is 1.68. The van der Waals surface area contributed by atoms with Crippen LogP contribution in [0.1, 0.15) is 12.1 Å². The van der Waals surface area contributed by atoms with Crippen LogP contribution in [0.2, 0.25) is 0 Å². The summed E-state index contributed by atoms with van der Waals surface area (Å²) in [6, 6.07) is -0.452. The molecule has 1 aromatic heterocycles. The van der Waals surface area contributed by atoms with E-state index in [0.29, 0.717) is 6.42 Å². The predicted octanol–water partition coefficient (Wildman–Crippen LogP) is 0.747. The van der Waals surface area contributed by atoms with Gasteiger partial charge in [-0.2, -0.15) is 16.9 Å². The number of nitrogens with one attached hydrogen (secondary N) is 1. The highest BCUT2D eigenvalue weighted by Crippen LogP contribution is 2.12. The molecule has 0 radical (unpaired) electrons. The summed E-state index contributed by atoms with van der Waals surface area (Å²) in [5.74, 6) is 0.741. The van der Waals surface area contributed by atoms with Gasteiger partial charge in [-0.3, -0.25) is 9.48 Å². The average molecular weight is 242 g/mol. The number of carbonyl (C=O) groups is 1. The van der Waals surface area contributed by atoms with Gasteiger partial charge < -0.3 is 11.1 Å². The molecule has 1 aromatic rings. The van der Waals surface area contributed by atoms with Crippen molar-refractivity contribution in [3.63, 3.8) is 0 Å². The summed E-state index contributed by atoms with van der Waals surface area (Å²) < 4.78 is 1.67. The zero-order valence-electron chi connectivity index (χ0n) is 9.86. The number of anilines is 1. The monoisotopic (exact) mass is 242 g/mol. The zero-order chi connectivity index (χ0) is 12.1. The second kappa shape index (κ2) is 5.91. The lowest BCUT2D eigenvalue weighted by Crippen LogP contribution is -2.36. The molecule has 0 spiro atoms. The third-order valence-corrected chi connectivity index (χ3v) is 2.89. The molecule has 0 saturated heterocycles. The van der Waals surface area contributed by atoms with Gasteiger partial charge in [-0.05, 0) is 25.4 Å². The van der Waals surface area contributed by atoms with Crippen LogP contribution in [0.4, 0.5) is 5.69 Å². The van der Waals surface area contributed by atoms with Crippen LogP contribution in [0, 0.1) is 6.92 Å². The Morgan fingerprint density at radius 3 is 2.94 bits per heavy atom. The highest BCUT2D eigenvalue weighted by molar-refractivity contribution is 7.98. The van der Waals surface area contributed by atoms with Crippen molar-refractivity contribution in [2.45, 2.75) is 19.4 Å². The minimum Gasteiger partial charge on any atom is -0.322 e. The lowest BCUT2D eigenvalue weighted by atomic mass is 10.2. The molecule has 6 heteroatoms. The summed E-state index contributed by atoms with van der Waals surface area (Å²) in [6.45, 7) is 1.85. The lowest BCUT2D eigenvalue weighted by molar-refractivity contribution is -0.117. The summed E-state index contributed by atoms with van der Waals surface area (Å²) in [5, 5.41) is 6.93. The van der Waals surface area contributed by atoms with Crippen molar-refractivity contribution in [1.82, 2.24) is 9.78 Å². The molecule has 0 aromatic carbocycles. The Balaban J connectivity index is 2.53. The number of nitrogens with two attached hydrogens (primary N) is 1. The Morgan fingerprint density at radius 1 is 1.75 bits per heavy atom. The maximum absolute atomic E-state index is 11.7. The Kier molecular flexibility index (Phi) is 4.82. The van der Waals surface area contributed by atoms with Crippen molar-refractivity contribution in [2.24, 2.45) is 12.8 Å². The topological polar surface area (TPSA) is 72.9 Å². The van der Waals surface area contributed by atoms with Crippen LogP contribution in [0.5, 0.6) is 0 Å². The maximum Gasteiger partial charge on any atom is 0.241 e. The fourth-order valence-electron chi connectivity index (χ4n) is 1.32. The molecule has 0 aliphatic heterocycles. The molecule has 0 aliphatic carbocycles. The SMILES string of the molecule is CSCC[C@@H](N)C(=O)Nc1cn(C)nc1C. The van der Waals surface area contributed by atoms with E-state index in [4.69, 9.17) is 5.73 Å². The first-order valence-electron chi connectivity index (χ1n) is 5.10. The van der Waals surface area contributed by atoms with Crippen LogP contribution in [0.25, 0.3) is 0 Å². The largest absolute Gasteiger partial charge is 0.322 e. The number of nitrogens with zero attached hydrogens (tertiary/aromatic N) is 2. The van der Waals surface area contributed by atoms with E-state index in [1.807, 2.05) is 20.2 Å². The molecule has 0 bridgehead atoms. The molecule has 16 heavy (non-hydrogen) atoms. The third-order valence-electron chi connectivity index (χ3n) is 2.24. The Bertz CT molecular complexity index is 364. The number of carbonyl (C=O) groups excluding carboxylic acids is 1. The van der Waals surface area contributed by atoms with Gasteiger partial charge in [-0.25, -0.2) is 0 Å². The molecular weight excluding hydrogens is 224 g/mol. The van der Waals surface area contributed by atoms with E-state index in [9.17, 15) is 4.79 Å². The summed E-state index contributed by atoms with van der Waals surface area (Å²) in [6.07, 6.45) is 4.46. The first kappa shape index (κ1) is 13.1. The van der Waals surface area contributed by atoms with Crippen LogP contribution in [0.15, 0.2) is 6.20 Å². The van der Waals surface area contributed by atoms with E-state index in [2.05, 4.69) is 10.4 Å². The molecule has 3 N–H and O–H groups in total. The Hall–Kier alpha value is -1.01. The molecule has 5 nitrogen and oxygen atoms in total. The molecule has 0 aliphatic rings. The van der Waals surface area contributed by atoms with Crippen molar-refractivity contribution in [2.75, 3.05) is 17.3 Å². The third kappa shape index (κ3) is 3.53. The van der Waals surface area contributed by atoms with Gasteiger partial charge in [0.2, 0.25) is 5.91 Å². The van der Waals surface area contributed by atoms with Gasteiger partial charge in [0.05, 0.1) is 17.4 Å². The molecule has 1 rings (SSSR count). The van der Waals surface area contributed by atoms with E-state index < -0.39 is 6.04 Å². The normalized spacial score (nSPS) is 12.5. The second-order valence-electron chi connectivity index (χ2n) is 3.68. The van der Waals surface area contributed by atoms with Crippen LogP contribution >= 0.6 is 11.8 Å². The fraction of sp³-hybridized carbons (Fsp3) is 0.600. The van der Waals surface area contributed by atoms with Gasteiger partial charge in [-0.15, -0.1) is 0 Å². The van der Waals surface area contributed by atoms with Gasteiger partial charge in [-0.1, -0.05) is 0 Å². The number of aryl methyl sites for hydroxylation is 2. The van der Waals surface area contributed by atoms with E-state index >= 15 is 0 Å². The highest BCUT2D eigenvalue weighted by Gasteiger charge is 2.14. The van der Waals surface area contributed by atoms with E-state index in [-0.39, 0.29) is 5.91 Å². The standard InChI is InChI=1S/C10H18N4OS/c1-7-9(6-14(2)13-7)12-10(15)8(11)4-5-16-3/h6,8H,4-5,11H2,1-3H3,(H,12,15)/t8-/m1/s1. The molecule has 0 unspecified atom stereocenters. The van der Waals surface area contributed by atoms with Crippen LogP contribution in [0.3, 0.4) is 0 Å². The van der Waals surface area contributed by atoms with Crippen molar-refractivity contribution in [3.05, 3.63) is 11.9 Å². The molecule has 1 amide bonds. The maximum atomic E-state index is 11.7. The number of rotatable bonds is 5. The van der Waals surface area contributed by atoms with Crippen molar-refractivity contribution < 1.29 is 4.79 Å². The summed E-state index contributed by atoms with van der Waals surface area (Å²) in [7, 11) is 1.82. The zero-order valence-corrected chi connectivity index (χ0v) is 10.7. The van der Waals surface area contributed by atoms with Crippen molar-refractivity contribution in [1.29, 1.82) is 0 Å². The first-order chi connectivity index (χ1) is 7.54. The fourth-order valence-corrected chi connectivity index (χ4v) is 1.81. The first-order valence-corrected chi connectivity index (χ1v) is 6.49. The summed E-state index contributed by atoms with van der Waals surface area (Å²) in [4.78, 5) is 11.7. The predicted molar refractivity (Wildman–Crippen MR) is 67.5 cm³/mol. The number of hydrogen-bond donors (Lipinski definition) is 2. The van der Waals surface area contributed by atoms with Gasteiger partial charge in [0.25, 0.3) is 0 Å². The van der Waals surface area contributed by atoms with Gasteiger partial charge in [0.1, 0.15) is 0 Å². The lowest BCUT2D eigenvalue weighted by Gasteiger charge is -2.10. The van der Waals surface area contributed by atoms with Crippen LogP contribution in [-0.2, 0) is 11.8 Å². The molecule has 1 heterocycles. The van der Waals surface area contributed by atoms with E-state index in [1.54, 1.807) is 22.6 Å². The number of amides is 1. The number of aromatic nitrogens is 2. The van der Waals surface area contributed by atoms with Gasteiger partial charge in [0, 0.05) is 13.2 Å². The molecule has 1 atom stereocenters. The van der Waals surface area contributed by atoms with E-state index in [1.165, 1.54) is 0 Å². The van der Waals surface area contributed by atoms with Crippen LogP contribution in [-0.4, -0.2) is 33.7 Å². The molecule has 90 valence electrons. The number of hydrogen-bond acceptors (Lipinski definition) is 4. The summed E-state index contributed by atoms with van der Waals surface area (Å²) in [5.41, 5.74) is 7.28. The average Bonchev–Trinajstić information content (AvgIpc) is 2.53. The minimum atomic E-state index is -0.452.